The lowest BCUT2D eigenvalue weighted by Gasteiger charge is -2.34. The highest BCUT2D eigenvalue weighted by Crippen LogP contribution is 2.26. The van der Waals surface area contributed by atoms with Crippen molar-refractivity contribution >= 4 is 30.5 Å². The highest BCUT2D eigenvalue weighted by atomic mass is 32.1. The van der Waals surface area contributed by atoms with Gasteiger partial charge in [-0.25, -0.2) is 4.79 Å². The van der Waals surface area contributed by atoms with Crippen LogP contribution in [-0.4, -0.2) is 51.9 Å². The van der Waals surface area contributed by atoms with Crippen LogP contribution in [0.4, 0.5) is 4.79 Å². The molecular weight excluding hydrogens is 478 g/mol. The highest BCUT2D eigenvalue weighted by molar-refractivity contribution is 7.80. The van der Waals surface area contributed by atoms with Gasteiger partial charge < -0.3 is 25.4 Å². The van der Waals surface area contributed by atoms with E-state index in [0.717, 1.165) is 12.0 Å². The van der Waals surface area contributed by atoms with Crippen LogP contribution >= 0.6 is 12.6 Å². The number of ether oxygens (including phenoxy) is 1. The predicted molar refractivity (Wildman–Crippen MR) is 143 cm³/mol. The molecule has 0 bridgehead atoms. The third-order valence-electron chi connectivity index (χ3n) is 5.26. The minimum absolute atomic E-state index is 0.0130. The highest BCUT2D eigenvalue weighted by Gasteiger charge is 2.35. The number of nitrogens with one attached hydrogen (secondary N) is 2. The van der Waals surface area contributed by atoms with E-state index in [4.69, 9.17) is 4.74 Å². The Balaban J connectivity index is 2.38. The Hall–Kier alpha value is -3.20. The van der Waals surface area contributed by atoms with E-state index in [2.05, 4.69) is 23.3 Å². The number of unbranched alkanes of at least 4 members (excludes halogenated alkanes) is 1. The van der Waals surface area contributed by atoms with Gasteiger partial charge in [0.05, 0.1) is 0 Å². The minimum Gasteiger partial charge on any atom is -0.508 e. The number of aromatic hydroxyl groups is 1. The van der Waals surface area contributed by atoms with Crippen LogP contribution in [0.5, 0.6) is 5.75 Å². The average Bonchev–Trinajstić information content (AvgIpc) is 2.82. The lowest BCUT2D eigenvalue weighted by atomic mass is 10.0. The molecule has 2 unspecified atom stereocenters. The van der Waals surface area contributed by atoms with Crippen LogP contribution in [0, 0.1) is 0 Å². The van der Waals surface area contributed by atoms with Gasteiger partial charge in [-0.2, -0.15) is 12.6 Å². The number of hydrogen-bond acceptors (Lipinski definition) is 6. The van der Waals surface area contributed by atoms with Gasteiger partial charge in [0.25, 0.3) is 0 Å². The van der Waals surface area contributed by atoms with Gasteiger partial charge in [-0.05, 0) is 50.5 Å². The Morgan fingerprint density at radius 2 is 1.78 bits per heavy atom. The molecule has 9 heteroatoms. The van der Waals surface area contributed by atoms with E-state index in [-0.39, 0.29) is 24.6 Å². The second-order valence-electron chi connectivity index (χ2n) is 9.47. The summed E-state index contributed by atoms with van der Waals surface area (Å²) in [7, 11) is 0. The third-order valence-corrected chi connectivity index (χ3v) is 5.63. The first-order chi connectivity index (χ1) is 17.1. The van der Waals surface area contributed by atoms with Crippen molar-refractivity contribution in [3.8, 4) is 5.75 Å². The smallest absolute Gasteiger partial charge is 0.408 e. The number of rotatable bonds is 11. The van der Waals surface area contributed by atoms with E-state index in [0.29, 0.717) is 12.0 Å². The first-order valence-electron chi connectivity index (χ1n) is 12.1. The number of nitrogens with zero attached hydrogens (tertiary/aromatic N) is 1. The van der Waals surface area contributed by atoms with E-state index in [1.54, 1.807) is 32.9 Å². The fraction of sp³-hybridized carbons (Fsp3) is 0.444. The maximum Gasteiger partial charge on any atom is 0.408 e. The molecule has 2 aromatic carbocycles. The number of hydrogen-bond donors (Lipinski definition) is 4. The molecule has 36 heavy (non-hydrogen) atoms. The zero-order chi connectivity index (χ0) is 26.7. The molecule has 8 nitrogen and oxygen atoms in total. The lowest BCUT2D eigenvalue weighted by Crippen LogP contribution is -2.54. The standard InChI is InChI=1S/C27H37N3O5S/c1-5-6-15-30(25(33)22(18-36)29-26(34)35-27(2,3)4)23(20-13-10-14-21(31)16-20)24(32)28-17-19-11-8-7-9-12-19/h7-14,16,22-23,31,36H,5-6,15,17-18H2,1-4H3,(H,28,32)(H,29,34). The Morgan fingerprint density at radius 1 is 1.08 bits per heavy atom. The van der Waals surface area contributed by atoms with Crippen LogP contribution in [0.25, 0.3) is 0 Å². The van der Waals surface area contributed by atoms with Gasteiger partial charge >= 0.3 is 6.09 Å². The van der Waals surface area contributed by atoms with Crippen molar-refractivity contribution in [1.29, 1.82) is 0 Å². The van der Waals surface area contributed by atoms with Gasteiger partial charge in [-0.15, -0.1) is 0 Å². The molecule has 0 fully saturated rings. The molecular formula is C27H37N3O5S. The Kier molecular flexibility index (Phi) is 11.1. The maximum atomic E-state index is 13.7. The summed E-state index contributed by atoms with van der Waals surface area (Å²) in [4.78, 5) is 41.1. The quantitative estimate of drug-likeness (QED) is 0.336. The Bertz CT molecular complexity index is 1010. The minimum atomic E-state index is -1.03. The molecule has 3 amide bonds. The number of thiol groups is 1. The van der Waals surface area contributed by atoms with Gasteiger partial charge in [0, 0.05) is 18.8 Å². The van der Waals surface area contributed by atoms with E-state index in [9.17, 15) is 19.5 Å². The summed E-state index contributed by atoms with van der Waals surface area (Å²) < 4.78 is 5.31. The van der Waals surface area contributed by atoms with Crippen molar-refractivity contribution in [2.75, 3.05) is 12.3 Å². The zero-order valence-electron chi connectivity index (χ0n) is 21.4. The van der Waals surface area contributed by atoms with Gasteiger partial charge in [0.1, 0.15) is 23.4 Å². The number of carbonyl (C=O) groups excluding carboxylic acids is 3. The van der Waals surface area contributed by atoms with Crippen LogP contribution in [0.15, 0.2) is 54.6 Å². The summed E-state index contributed by atoms with van der Waals surface area (Å²) in [5.74, 6) is -0.871. The van der Waals surface area contributed by atoms with Crippen molar-refractivity contribution in [3.63, 3.8) is 0 Å². The molecule has 3 N–H and O–H groups in total. The molecule has 0 saturated carbocycles. The van der Waals surface area contributed by atoms with Crippen LogP contribution in [-0.2, 0) is 20.9 Å². The third kappa shape index (κ3) is 9.11. The molecule has 0 spiro atoms. The number of alkyl carbamates (subject to hydrolysis) is 1. The molecule has 0 saturated heterocycles. The van der Waals surface area contributed by atoms with Crippen LogP contribution in [0.1, 0.15) is 57.7 Å². The van der Waals surface area contributed by atoms with Crippen molar-refractivity contribution < 1.29 is 24.2 Å². The van der Waals surface area contributed by atoms with Crippen LogP contribution in [0.3, 0.4) is 0 Å². The molecule has 196 valence electrons. The first kappa shape index (κ1) is 29.0. The van der Waals surface area contributed by atoms with Crippen LogP contribution < -0.4 is 10.6 Å². The van der Waals surface area contributed by atoms with E-state index >= 15 is 0 Å². The van der Waals surface area contributed by atoms with Crippen molar-refractivity contribution in [2.45, 2.75) is 64.8 Å². The van der Waals surface area contributed by atoms with Gasteiger partial charge in [0.2, 0.25) is 11.8 Å². The van der Waals surface area contributed by atoms with E-state index in [1.807, 2.05) is 37.3 Å². The molecule has 0 radical (unpaired) electrons. The number of amides is 3. The summed E-state index contributed by atoms with van der Waals surface area (Å²) in [6, 6.07) is 13.7. The van der Waals surface area contributed by atoms with E-state index in [1.165, 1.54) is 17.0 Å². The zero-order valence-corrected chi connectivity index (χ0v) is 22.3. The molecule has 0 aliphatic heterocycles. The summed E-state index contributed by atoms with van der Waals surface area (Å²) in [5.41, 5.74) is 0.629. The molecule has 0 heterocycles. The molecule has 0 aromatic heterocycles. The SMILES string of the molecule is CCCCN(C(=O)C(CS)NC(=O)OC(C)(C)C)C(C(=O)NCc1ccccc1)c1cccc(O)c1. The van der Waals surface area contributed by atoms with E-state index < -0.39 is 35.6 Å². The van der Waals surface area contributed by atoms with Gasteiger partial charge in [-0.3, -0.25) is 9.59 Å². The number of benzene rings is 2. The second kappa shape index (κ2) is 13.8. The fourth-order valence-electron chi connectivity index (χ4n) is 3.58. The molecule has 0 aliphatic rings. The Labute approximate surface area is 218 Å². The normalized spacial score (nSPS) is 12.8. The predicted octanol–water partition coefficient (Wildman–Crippen LogP) is 4.20. The molecule has 2 atom stereocenters. The topological polar surface area (TPSA) is 108 Å². The average molecular weight is 516 g/mol. The number of phenolic OH excluding ortho intramolecular Hbond substituents is 1. The largest absolute Gasteiger partial charge is 0.508 e. The van der Waals surface area contributed by atoms with Crippen molar-refractivity contribution in [3.05, 3.63) is 65.7 Å². The summed E-state index contributed by atoms with van der Waals surface area (Å²) in [5, 5.41) is 15.6. The fourth-order valence-corrected chi connectivity index (χ4v) is 3.83. The van der Waals surface area contributed by atoms with Gasteiger partial charge in [-0.1, -0.05) is 55.8 Å². The van der Waals surface area contributed by atoms with Gasteiger partial charge in [0.15, 0.2) is 0 Å². The Morgan fingerprint density at radius 3 is 2.36 bits per heavy atom. The van der Waals surface area contributed by atoms with Crippen LogP contribution in [0.2, 0.25) is 0 Å². The molecule has 2 aromatic rings. The molecule has 2 rings (SSSR count). The second-order valence-corrected chi connectivity index (χ2v) is 9.83. The van der Waals surface area contributed by atoms with Crippen molar-refractivity contribution in [2.24, 2.45) is 0 Å². The number of phenols is 1. The number of carbonyl (C=O) groups is 3. The summed E-state index contributed by atoms with van der Waals surface area (Å²) in [6.07, 6.45) is 0.680. The van der Waals surface area contributed by atoms with Crippen molar-refractivity contribution in [1.82, 2.24) is 15.5 Å². The molecule has 0 aliphatic carbocycles. The lowest BCUT2D eigenvalue weighted by molar-refractivity contribution is -0.142. The maximum absolute atomic E-state index is 13.7. The summed E-state index contributed by atoms with van der Waals surface area (Å²) >= 11 is 4.28. The first-order valence-corrected chi connectivity index (χ1v) is 12.7. The summed E-state index contributed by atoms with van der Waals surface area (Å²) in [6.45, 7) is 7.72. The monoisotopic (exact) mass is 515 g/mol.